The second kappa shape index (κ2) is 7.44. The van der Waals surface area contributed by atoms with E-state index in [1.165, 1.54) is 0 Å². The van der Waals surface area contributed by atoms with Crippen molar-refractivity contribution in [2.24, 2.45) is 11.0 Å². The summed E-state index contributed by atoms with van der Waals surface area (Å²) < 4.78 is 27.2. The van der Waals surface area contributed by atoms with Gasteiger partial charge in [0.15, 0.2) is 0 Å². The molecular weight excluding hydrogens is 334 g/mol. The van der Waals surface area contributed by atoms with Gasteiger partial charge in [0, 0.05) is 23.5 Å². The minimum atomic E-state index is -3.67. The average molecular weight is 362 g/mol. The van der Waals surface area contributed by atoms with Crippen molar-refractivity contribution in [3.05, 3.63) is 52.3 Å². The van der Waals surface area contributed by atoms with E-state index in [9.17, 15) is 8.42 Å². The van der Waals surface area contributed by atoms with E-state index < -0.39 is 10.0 Å². The zero-order valence-electron chi connectivity index (χ0n) is 15.8. The van der Waals surface area contributed by atoms with Crippen LogP contribution in [0.1, 0.15) is 41.9 Å². The van der Waals surface area contributed by atoms with Crippen LogP contribution in [0, 0.1) is 33.6 Å². The van der Waals surface area contributed by atoms with Gasteiger partial charge in [0.1, 0.15) is 0 Å². The Labute approximate surface area is 150 Å². The van der Waals surface area contributed by atoms with Gasteiger partial charge in [-0.15, -0.1) is 0 Å². The summed E-state index contributed by atoms with van der Waals surface area (Å²) >= 11 is 0. The number of aromatic nitrogens is 1. The van der Waals surface area contributed by atoms with E-state index in [0.29, 0.717) is 11.5 Å². The standard InChI is InChI=1S/C19H27N3O2S/c1-13(2)12-22-16(5)10-18(17(22)6)11-20-21-25(23,24)19-9-14(3)7-8-15(19)4/h7-11,13,21H,12H2,1-6H3. The fourth-order valence-electron chi connectivity index (χ4n) is 2.82. The summed E-state index contributed by atoms with van der Waals surface area (Å²) in [4.78, 5) is 2.58. The molecule has 25 heavy (non-hydrogen) atoms. The Hall–Kier alpha value is -2.08. The molecule has 1 heterocycles. The first-order chi connectivity index (χ1) is 11.6. The molecule has 0 unspecified atom stereocenters. The van der Waals surface area contributed by atoms with Gasteiger partial charge in [0.2, 0.25) is 0 Å². The van der Waals surface area contributed by atoms with Crippen molar-refractivity contribution in [2.45, 2.75) is 53.0 Å². The Balaban J connectivity index is 2.22. The fourth-order valence-corrected chi connectivity index (χ4v) is 3.94. The third kappa shape index (κ3) is 4.51. The van der Waals surface area contributed by atoms with E-state index in [1.54, 1.807) is 25.3 Å². The van der Waals surface area contributed by atoms with Crippen LogP contribution >= 0.6 is 0 Å². The van der Waals surface area contributed by atoms with Crippen molar-refractivity contribution >= 4 is 16.2 Å². The van der Waals surface area contributed by atoms with Crippen molar-refractivity contribution in [1.82, 2.24) is 9.40 Å². The molecule has 5 nitrogen and oxygen atoms in total. The normalized spacial score (nSPS) is 12.3. The molecule has 0 atom stereocenters. The van der Waals surface area contributed by atoms with Crippen LogP contribution in [0.3, 0.4) is 0 Å². The molecule has 0 aliphatic heterocycles. The molecule has 0 amide bonds. The number of aryl methyl sites for hydroxylation is 3. The predicted molar refractivity (Wildman–Crippen MR) is 103 cm³/mol. The molecule has 2 rings (SSSR count). The topological polar surface area (TPSA) is 63.5 Å². The number of nitrogens with one attached hydrogen (secondary N) is 1. The first-order valence-electron chi connectivity index (χ1n) is 8.40. The summed E-state index contributed by atoms with van der Waals surface area (Å²) in [6.07, 6.45) is 1.57. The molecule has 136 valence electrons. The highest BCUT2D eigenvalue weighted by atomic mass is 32.2. The van der Waals surface area contributed by atoms with E-state index in [4.69, 9.17) is 0 Å². The molecule has 1 N–H and O–H groups in total. The summed E-state index contributed by atoms with van der Waals surface area (Å²) in [6.45, 7) is 13.0. The van der Waals surface area contributed by atoms with Crippen molar-refractivity contribution in [3.8, 4) is 0 Å². The Bertz CT molecular complexity index is 894. The highest BCUT2D eigenvalue weighted by Crippen LogP contribution is 2.17. The van der Waals surface area contributed by atoms with Crippen molar-refractivity contribution in [2.75, 3.05) is 0 Å². The summed E-state index contributed by atoms with van der Waals surface area (Å²) in [5.41, 5.74) is 4.74. The highest BCUT2D eigenvalue weighted by molar-refractivity contribution is 7.89. The van der Waals surface area contributed by atoms with E-state index >= 15 is 0 Å². The largest absolute Gasteiger partial charge is 0.348 e. The lowest BCUT2D eigenvalue weighted by Crippen LogP contribution is -2.19. The molecule has 0 aliphatic carbocycles. The minimum absolute atomic E-state index is 0.259. The first kappa shape index (κ1) is 19.2. The Morgan fingerprint density at radius 2 is 1.84 bits per heavy atom. The van der Waals surface area contributed by atoms with Gasteiger partial charge >= 0.3 is 0 Å². The monoisotopic (exact) mass is 361 g/mol. The quantitative estimate of drug-likeness (QED) is 0.630. The van der Waals surface area contributed by atoms with Gasteiger partial charge in [-0.05, 0) is 56.9 Å². The lowest BCUT2D eigenvalue weighted by molar-refractivity contribution is 0.509. The number of hydrazone groups is 1. The second-order valence-corrected chi connectivity index (χ2v) is 8.58. The van der Waals surface area contributed by atoms with Crippen molar-refractivity contribution in [3.63, 3.8) is 0 Å². The molecule has 0 aliphatic rings. The molecule has 0 fully saturated rings. The van der Waals surface area contributed by atoms with Gasteiger partial charge < -0.3 is 4.57 Å². The van der Waals surface area contributed by atoms with E-state index in [1.807, 2.05) is 32.9 Å². The highest BCUT2D eigenvalue weighted by Gasteiger charge is 2.16. The number of benzene rings is 1. The van der Waals surface area contributed by atoms with Crippen molar-refractivity contribution < 1.29 is 8.42 Å². The maximum atomic E-state index is 12.5. The van der Waals surface area contributed by atoms with Crippen LogP contribution in [0.15, 0.2) is 34.3 Å². The number of rotatable bonds is 6. The maximum Gasteiger partial charge on any atom is 0.276 e. The zero-order valence-corrected chi connectivity index (χ0v) is 16.6. The van der Waals surface area contributed by atoms with Gasteiger partial charge in [-0.1, -0.05) is 26.0 Å². The summed E-state index contributed by atoms with van der Waals surface area (Å²) in [6, 6.07) is 7.36. The smallest absolute Gasteiger partial charge is 0.276 e. The first-order valence-corrected chi connectivity index (χ1v) is 9.89. The summed E-state index contributed by atoms with van der Waals surface area (Å²) in [5, 5.41) is 3.98. The van der Waals surface area contributed by atoms with Crippen LogP contribution in [0.25, 0.3) is 0 Å². The van der Waals surface area contributed by atoms with Crippen LogP contribution in [0.2, 0.25) is 0 Å². The van der Waals surface area contributed by atoms with Gasteiger partial charge in [0.25, 0.3) is 10.0 Å². The molecule has 0 bridgehead atoms. The van der Waals surface area contributed by atoms with Gasteiger partial charge in [-0.3, -0.25) is 0 Å². The number of hydrogen-bond acceptors (Lipinski definition) is 3. The third-order valence-corrected chi connectivity index (χ3v) is 5.53. The zero-order chi connectivity index (χ0) is 18.8. The molecular formula is C19H27N3O2S. The Kier molecular flexibility index (Phi) is 5.72. The number of sulfonamides is 1. The van der Waals surface area contributed by atoms with Gasteiger partial charge in [-0.25, -0.2) is 4.83 Å². The van der Waals surface area contributed by atoms with Crippen LogP contribution in [0.5, 0.6) is 0 Å². The Morgan fingerprint density at radius 1 is 1.16 bits per heavy atom. The lowest BCUT2D eigenvalue weighted by atomic mass is 10.2. The second-order valence-electron chi connectivity index (χ2n) is 6.95. The fraction of sp³-hybridized carbons (Fsp3) is 0.421. The molecule has 0 radical (unpaired) electrons. The molecule has 0 spiro atoms. The van der Waals surface area contributed by atoms with Crippen LogP contribution in [-0.2, 0) is 16.6 Å². The van der Waals surface area contributed by atoms with E-state index in [-0.39, 0.29) is 4.90 Å². The summed E-state index contributed by atoms with van der Waals surface area (Å²) in [5.74, 6) is 0.539. The van der Waals surface area contributed by atoms with E-state index in [2.05, 4.69) is 28.3 Å². The van der Waals surface area contributed by atoms with Crippen LogP contribution < -0.4 is 4.83 Å². The SMILES string of the molecule is Cc1ccc(C)c(S(=O)(=O)NN=Cc2cc(C)n(CC(C)C)c2C)c1. The molecule has 6 heteroatoms. The van der Waals surface area contributed by atoms with Crippen LogP contribution in [0.4, 0.5) is 0 Å². The average Bonchev–Trinajstić information content (AvgIpc) is 2.77. The molecule has 2 aromatic rings. The van der Waals surface area contributed by atoms with Crippen molar-refractivity contribution in [1.29, 1.82) is 0 Å². The minimum Gasteiger partial charge on any atom is -0.348 e. The molecule has 1 aromatic heterocycles. The molecule has 1 aromatic carbocycles. The molecule has 0 saturated carbocycles. The van der Waals surface area contributed by atoms with Crippen LogP contribution in [-0.4, -0.2) is 19.2 Å². The third-order valence-electron chi connectivity index (χ3n) is 4.17. The summed E-state index contributed by atoms with van der Waals surface area (Å²) in [7, 11) is -3.67. The molecule has 0 saturated heterocycles. The van der Waals surface area contributed by atoms with Gasteiger partial charge in [-0.2, -0.15) is 13.5 Å². The number of nitrogens with zero attached hydrogens (tertiary/aromatic N) is 2. The van der Waals surface area contributed by atoms with Gasteiger partial charge in [0.05, 0.1) is 11.1 Å². The lowest BCUT2D eigenvalue weighted by Gasteiger charge is -2.11. The van der Waals surface area contributed by atoms with E-state index in [0.717, 1.165) is 29.1 Å². The predicted octanol–water partition coefficient (Wildman–Crippen LogP) is 3.69. The maximum absolute atomic E-state index is 12.5. The number of hydrogen-bond donors (Lipinski definition) is 1. The Morgan fingerprint density at radius 3 is 2.48 bits per heavy atom.